The van der Waals surface area contributed by atoms with Gasteiger partial charge in [-0.3, -0.25) is 14.4 Å². The van der Waals surface area contributed by atoms with E-state index < -0.39 is 47.5 Å². The van der Waals surface area contributed by atoms with Crippen molar-refractivity contribution >= 4 is 23.2 Å². The van der Waals surface area contributed by atoms with Crippen LogP contribution in [0.25, 0.3) is 0 Å². The summed E-state index contributed by atoms with van der Waals surface area (Å²) in [6, 6.07) is 7.49. The van der Waals surface area contributed by atoms with E-state index in [2.05, 4.69) is 13.8 Å². The number of aliphatic hydroxyl groups is 1. The highest BCUT2D eigenvalue weighted by molar-refractivity contribution is 6.01. The van der Waals surface area contributed by atoms with Gasteiger partial charge < -0.3 is 25.1 Å². The van der Waals surface area contributed by atoms with Gasteiger partial charge in [-0.15, -0.1) is 0 Å². The Morgan fingerprint density at radius 3 is 2.63 bits per heavy atom. The Bertz CT molecular complexity index is 1320. The fourth-order valence-corrected chi connectivity index (χ4v) is 8.99. The van der Waals surface area contributed by atoms with E-state index in [1.165, 1.54) is 0 Å². The Morgan fingerprint density at radius 2 is 1.93 bits per heavy atom. The van der Waals surface area contributed by atoms with Crippen molar-refractivity contribution in [2.45, 2.75) is 83.9 Å². The van der Waals surface area contributed by atoms with Gasteiger partial charge in [-0.1, -0.05) is 51.5 Å². The Kier molecular flexibility index (Phi) is 6.83. The summed E-state index contributed by atoms with van der Waals surface area (Å²) in [6.07, 6.45) is 6.43. The van der Waals surface area contributed by atoms with Crippen LogP contribution in [-0.4, -0.2) is 53.3 Å². The maximum Gasteiger partial charge on any atom is 0.308 e. The zero-order chi connectivity index (χ0) is 29.3. The van der Waals surface area contributed by atoms with E-state index in [1.54, 1.807) is 26.0 Å². The standard InChI is InChI=1S/C33H41NO7/c1-18(2)30(38)39-17-26(37)33-27(40-28(41-33)13-19-5-8-21(34)9-6-19)15-24-23-10-7-20-14-22(35)11-12-31(20,3)29(23)25(36)16-32(24,33)4/h5-6,8-9,11-12,14,18,23-25,27-29,36H,7,10,13,15-17,34H2,1-4H3/t23-,24-,25-,27+,28?,29+,31-,32-,33+/m0/s1. The first-order valence-electron chi connectivity index (χ1n) is 14.9. The molecule has 5 aliphatic rings. The van der Waals surface area contributed by atoms with Gasteiger partial charge in [0.25, 0.3) is 0 Å². The second-order valence-electron chi connectivity index (χ2n) is 13.5. The van der Waals surface area contributed by atoms with Crippen LogP contribution >= 0.6 is 0 Å². The summed E-state index contributed by atoms with van der Waals surface area (Å²) >= 11 is 0. The molecule has 0 bridgehead atoms. The van der Waals surface area contributed by atoms with Crippen molar-refractivity contribution in [1.29, 1.82) is 0 Å². The number of Topliss-reactive ketones (excluding diaryl/α,β-unsaturated/α-hetero) is 1. The molecule has 0 spiro atoms. The number of ketones is 2. The number of hydrogen-bond donors (Lipinski definition) is 2. The minimum atomic E-state index is -1.35. The normalized spacial score (nSPS) is 40.8. The summed E-state index contributed by atoms with van der Waals surface area (Å²) in [5.74, 6) is -1.04. The summed E-state index contributed by atoms with van der Waals surface area (Å²) in [5, 5.41) is 11.9. The predicted octanol–water partition coefficient (Wildman–Crippen LogP) is 3.95. The molecule has 9 atom stereocenters. The summed E-state index contributed by atoms with van der Waals surface area (Å²) in [4.78, 5) is 38.8. The molecule has 3 saturated carbocycles. The van der Waals surface area contributed by atoms with Crippen LogP contribution in [0.3, 0.4) is 0 Å². The number of nitrogen functional groups attached to an aromatic ring is 1. The molecule has 0 radical (unpaired) electrons. The van der Waals surface area contributed by atoms with Gasteiger partial charge in [0.2, 0.25) is 5.78 Å². The van der Waals surface area contributed by atoms with E-state index in [4.69, 9.17) is 19.9 Å². The Balaban J connectivity index is 1.34. The van der Waals surface area contributed by atoms with Gasteiger partial charge in [0.1, 0.15) is 0 Å². The lowest BCUT2D eigenvalue weighted by Crippen LogP contribution is -2.63. The third kappa shape index (κ3) is 4.24. The van der Waals surface area contributed by atoms with Crippen LogP contribution in [0.5, 0.6) is 0 Å². The number of hydrogen-bond acceptors (Lipinski definition) is 8. The SMILES string of the molecule is CC(C)C(=O)OCC(=O)[C@@]12OC(Cc3ccc(N)cc3)O[C@@H]1C[C@H]1[C@@H]3CCC4=CC(=O)C=C[C@]4(C)[C@H]3[C@@H](O)C[C@@]12C. The molecule has 41 heavy (non-hydrogen) atoms. The van der Waals surface area contributed by atoms with E-state index in [9.17, 15) is 19.5 Å². The van der Waals surface area contributed by atoms with Crippen molar-refractivity contribution < 1.29 is 33.7 Å². The average Bonchev–Trinajstić information content (AvgIpc) is 3.40. The largest absolute Gasteiger partial charge is 0.457 e. The molecule has 4 fully saturated rings. The molecule has 220 valence electrons. The van der Waals surface area contributed by atoms with Gasteiger partial charge in [0.15, 0.2) is 24.3 Å². The second-order valence-corrected chi connectivity index (χ2v) is 13.5. The molecule has 1 aliphatic heterocycles. The van der Waals surface area contributed by atoms with Crippen LogP contribution in [0, 0.1) is 34.5 Å². The first kappa shape index (κ1) is 28.3. The predicted molar refractivity (Wildman–Crippen MR) is 151 cm³/mol. The zero-order valence-corrected chi connectivity index (χ0v) is 24.3. The van der Waals surface area contributed by atoms with Crippen molar-refractivity contribution in [3.63, 3.8) is 0 Å². The van der Waals surface area contributed by atoms with Crippen molar-refractivity contribution in [2.24, 2.45) is 34.5 Å². The van der Waals surface area contributed by atoms with Gasteiger partial charge in [-0.2, -0.15) is 0 Å². The van der Waals surface area contributed by atoms with Crippen LogP contribution in [-0.2, 0) is 35.0 Å². The summed E-state index contributed by atoms with van der Waals surface area (Å²) in [7, 11) is 0. The van der Waals surface area contributed by atoms with E-state index >= 15 is 0 Å². The molecule has 1 heterocycles. The molecular formula is C33H41NO7. The summed E-state index contributed by atoms with van der Waals surface area (Å²) < 4.78 is 18.7. The number of esters is 1. The quantitative estimate of drug-likeness (QED) is 0.394. The number of anilines is 1. The van der Waals surface area contributed by atoms with Crippen molar-refractivity contribution in [3.05, 3.63) is 53.6 Å². The Labute approximate surface area is 241 Å². The van der Waals surface area contributed by atoms with Crippen LogP contribution in [0.4, 0.5) is 5.69 Å². The minimum Gasteiger partial charge on any atom is -0.457 e. The summed E-state index contributed by atoms with van der Waals surface area (Å²) in [5.41, 5.74) is 6.08. The fourth-order valence-electron chi connectivity index (χ4n) is 8.99. The topological polar surface area (TPSA) is 125 Å². The third-order valence-corrected chi connectivity index (χ3v) is 10.9. The highest BCUT2D eigenvalue weighted by Gasteiger charge is 2.76. The number of allylic oxidation sites excluding steroid dienone is 4. The monoisotopic (exact) mass is 563 g/mol. The maximum absolute atomic E-state index is 14.2. The average molecular weight is 564 g/mol. The number of fused-ring (bicyclic) bond motifs is 7. The number of aliphatic hydroxyl groups excluding tert-OH is 1. The Morgan fingerprint density at radius 1 is 1.20 bits per heavy atom. The van der Waals surface area contributed by atoms with Gasteiger partial charge in [-0.25, -0.2) is 0 Å². The van der Waals surface area contributed by atoms with Crippen molar-refractivity contribution in [1.82, 2.24) is 0 Å². The highest BCUT2D eigenvalue weighted by atomic mass is 16.7. The molecule has 4 aliphatic carbocycles. The van der Waals surface area contributed by atoms with Crippen molar-refractivity contribution in [3.8, 4) is 0 Å². The molecule has 1 saturated heterocycles. The number of benzene rings is 1. The number of nitrogens with two attached hydrogens (primary N) is 1. The molecule has 0 amide bonds. The van der Waals surface area contributed by atoms with E-state index in [0.29, 0.717) is 24.9 Å². The molecule has 1 aromatic carbocycles. The van der Waals surface area contributed by atoms with E-state index in [0.717, 1.165) is 24.0 Å². The van der Waals surface area contributed by atoms with Gasteiger partial charge >= 0.3 is 5.97 Å². The summed E-state index contributed by atoms with van der Waals surface area (Å²) in [6.45, 7) is 7.25. The maximum atomic E-state index is 14.2. The van der Waals surface area contributed by atoms with Gasteiger partial charge in [-0.05, 0) is 67.4 Å². The van der Waals surface area contributed by atoms with Crippen LogP contribution in [0.2, 0.25) is 0 Å². The highest BCUT2D eigenvalue weighted by Crippen LogP contribution is 2.69. The second kappa shape index (κ2) is 9.89. The smallest absolute Gasteiger partial charge is 0.308 e. The number of carbonyl (C=O) groups is 3. The molecule has 0 aromatic heterocycles. The molecular weight excluding hydrogens is 522 g/mol. The number of rotatable bonds is 6. The minimum absolute atomic E-state index is 0.00380. The van der Waals surface area contributed by atoms with Crippen LogP contribution < -0.4 is 5.73 Å². The van der Waals surface area contributed by atoms with Crippen LogP contribution in [0.15, 0.2) is 48.1 Å². The third-order valence-electron chi connectivity index (χ3n) is 10.9. The van der Waals surface area contributed by atoms with Gasteiger partial charge in [0, 0.05) is 28.9 Å². The first-order chi connectivity index (χ1) is 19.4. The zero-order valence-electron chi connectivity index (χ0n) is 24.3. The fraction of sp³-hybridized carbons (Fsp3) is 0.606. The molecule has 3 N–H and O–H groups in total. The van der Waals surface area contributed by atoms with Crippen molar-refractivity contribution in [2.75, 3.05) is 12.3 Å². The molecule has 6 rings (SSSR count). The lowest BCUT2D eigenvalue weighted by atomic mass is 9.46. The van der Waals surface area contributed by atoms with Gasteiger partial charge in [0.05, 0.1) is 18.1 Å². The molecule has 8 heteroatoms. The Hall–Kier alpha value is -2.81. The van der Waals surface area contributed by atoms with Crippen LogP contribution in [0.1, 0.15) is 58.9 Å². The van der Waals surface area contributed by atoms with E-state index in [1.807, 2.05) is 30.3 Å². The molecule has 1 unspecified atom stereocenters. The first-order valence-corrected chi connectivity index (χ1v) is 14.9. The molecule has 8 nitrogen and oxygen atoms in total. The lowest BCUT2D eigenvalue weighted by Gasteiger charge is -2.59. The number of ether oxygens (including phenoxy) is 3. The van der Waals surface area contributed by atoms with E-state index in [-0.39, 0.29) is 35.2 Å². The molecule has 1 aromatic rings. The lowest BCUT2D eigenvalue weighted by molar-refractivity contribution is -0.200. The number of carbonyl (C=O) groups excluding carboxylic acids is 3.